The topological polar surface area (TPSA) is 43.4 Å². The Hall–Kier alpha value is -1.13. The fourth-order valence-electron chi connectivity index (χ4n) is 1.83. The highest BCUT2D eigenvalue weighted by atomic mass is 16.5. The van der Waals surface area contributed by atoms with E-state index in [1.54, 1.807) is 7.11 Å². The summed E-state index contributed by atoms with van der Waals surface area (Å²) in [6.07, 6.45) is 2.98. The van der Waals surface area contributed by atoms with Gasteiger partial charge in [-0.05, 0) is 24.6 Å². The van der Waals surface area contributed by atoms with E-state index in [-0.39, 0.29) is 0 Å². The number of nitrogens with one attached hydrogen (secondary N) is 1. The summed E-state index contributed by atoms with van der Waals surface area (Å²) >= 11 is 0. The van der Waals surface area contributed by atoms with E-state index in [9.17, 15) is 0 Å². The van der Waals surface area contributed by atoms with Gasteiger partial charge in [-0.25, -0.2) is 4.98 Å². The molecule has 0 aliphatic heterocycles. The number of aryl methyl sites for hydroxylation is 1. The van der Waals surface area contributed by atoms with Crippen LogP contribution in [0.4, 0.5) is 0 Å². The zero-order chi connectivity index (χ0) is 13.9. The van der Waals surface area contributed by atoms with Crippen LogP contribution in [0.1, 0.15) is 37.9 Å². The van der Waals surface area contributed by atoms with Crippen LogP contribution in [-0.2, 0) is 17.7 Å². The molecule has 0 spiro atoms. The normalized spacial score (nSPS) is 10.7. The van der Waals surface area contributed by atoms with Gasteiger partial charge in [0.1, 0.15) is 0 Å². The van der Waals surface area contributed by atoms with E-state index in [0.717, 1.165) is 50.5 Å². The molecule has 0 aliphatic rings. The zero-order valence-corrected chi connectivity index (χ0v) is 12.4. The Morgan fingerprint density at radius 3 is 2.74 bits per heavy atom. The average Bonchev–Trinajstić information content (AvgIpc) is 2.42. The van der Waals surface area contributed by atoms with Gasteiger partial charge in [0, 0.05) is 38.4 Å². The Labute approximate surface area is 116 Å². The van der Waals surface area contributed by atoms with Gasteiger partial charge < -0.3 is 14.8 Å². The van der Waals surface area contributed by atoms with Crippen molar-refractivity contribution >= 4 is 0 Å². The Kier molecular flexibility index (Phi) is 8.18. The molecule has 108 valence electrons. The molecule has 1 aromatic heterocycles. The standard InChI is InChI=1S/C15H26N2O2/c1-4-7-14-10-13(12-16-5-2)11-15(17-14)19-9-6-8-18-3/h10-11,16H,4-9,12H2,1-3H3. The van der Waals surface area contributed by atoms with Crippen LogP contribution in [-0.4, -0.2) is 31.9 Å². The van der Waals surface area contributed by atoms with Crippen LogP contribution in [0.2, 0.25) is 0 Å². The van der Waals surface area contributed by atoms with Crippen LogP contribution in [0.15, 0.2) is 12.1 Å². The maximum absolute atomic E-state index is 5.70. The molecule has 1 rings (SSSR count). The van der Waals surface area contributed by atoms with Gasteiger partial charge in [-0.3, -0.25) is 0 Å². The van der Waals surface area contributed by atoms with E-state index in [0.29, 0.717) is 6.61 Å². The Morgan fingerprint density at radius 2 is 2.05 bits per heavy atom. The molecule has 1 N–H and O–H groups in total. The summed E-state index contributed by atoms with van der Waals surface area (Å²) in [5.41, 5.74) is 2.35. The second-order valence-corrected chi connectivity index (χ2v) is 4.53. The smallest absolute Gasteiger partial charge is 0.213 e. The zero-order valence-electron chi connectivity index (χ0n) is 12.4. The van der Waals surface area contributed by atoms with Gasteiger partial charge in [0.05, 0.1) is 6.61 Å². The van der Waals surface area contributed by atoms with Crippen LogP contribution < -0.4 is 10.1 Å². The fraction of sp³-hybridized carbons (Fsp3) is 0.667. The minimum Gasteiger partial charge on any atom is -0.478 e. The van der Waals surface area contributed by atoms with E-state index >= 15 is 0 Å². The van der Waals surface area contributed by atoms with Gasteiger partial charge in [-0.1, -0.05) is 20.3 Å². The molecule has 0 aromatic carbocycles. The molecule has 0 saturated heterocycles. The third-order valence-corrected chi connectivity index (χ3v) is 2.74. The molecule has 0 bridgehead atoms. The highest BCUT2D eigenvalue weighted by Crippen LogP contribution is 2.14. The SMILES string of the molecule is CCCc1cc(CNCC)cc(OCCCOC)n1. The van der Waals surface area contributed by atoms with E-state index < -0.39 is 0 Å². The number of nitrogens with zero attached hydrogens (tertiary/aromatic N) is 1. The lowest BCUT2D eigenvalue weighted by atomic mass is 10.1. The van der Waals surface area contributed by atoms with Gasteiger partial charge in [0.2, 0.25) is 5.88 Å². The lowest BCUT2D eigenvalue weighted by Crippen LogP contribution is -2.13. The Bertz CT molecular complexity index is 356. The maximum atomic E-state index is 5.70. The molecule has 19 heavy (non-hydrogen) atoms. The van der Waals surface area contributed by atoms with Crippen LogP contribution >= 0.6 is 0 Å². The molecule has 1 heterocycles. The number of aromatic nitrogens is 1. The first kappa shape index (κ1) is 15.9. The molecule has 0 unspecified atom stereocenters. The van der Waals surface area contributed by atoms with Crippen molar-refractivity contribution in [3.63, 3.8) is 0 Å². The molecular weight excluding hydrogens is 240 g/mol. The van der Waals surface area contributed by atoms with Crippen molar-refractivity contribution in [2.45, 2.75) is 39.7 Å². The third kappa shape index (κ3) is 6.55. The second kappa shape index (κ2) is 9.75. The third-order valence-electron chi connectivity index (χ3n) is 2.74. The summed E-state index contributed by atoms with van der Waals surface area (Å²) in [4.78, 5) is 4.54. The summed E-state index contributed by atoms with van der Waals surface area (Å²) in [5.74, 6) is 0.731. The summed E-state index contributed by atoms with van der Waals surface area (Å²) < 4.78 is 10.7. The van der Waals surface area contributed by atoms with Gasteiger partial charge in [-0.2, -0.15) is 0 Å². The summed E-state index contributed by atoms with van der Waals surface area (Å²) in [6, 6.07) is 4.18. The molecule has 0 radical (unpaired) electrons. The molecule has 0 atom stereocenters. The monoisotopic (exact) mass is 266 g/mol. The van der Waals surface area contributed by atoms with Crippen LogP contribution in [0, 0.1) is 0 Å². The van der Waals surface area contributed by atoms with Crippen molar-refractivity contribution in [2.75, 3.05) is 26.9 Å². The maximum Gasteiger partial charge on any atom is 0.213 e. The first-order chi connectivity index (χ1) is 9.30. The van der Waals surface area contributed by atoms with Gasteiger partial charge in [0.15, 0.2) is 0 Å². The van der Waals surface area contributed by atoms with Crippen molar-refractivity contribution in [2.24, 2.45) is 0 Å². The summed E-state index contributed by atoms with van der Waals surface area (Å²) in [7, 11) is 1.70. The van der Waals surface area contributed by atoms with Crippen molar-refractivity contribution in [3.8, 4) is 5.88 Å². The van der Waals surface area contributed by atoms with Crippen molar-refractivity contribution in [1.29, 1.82) is 0 Å². The van der Waals surface area contributed by atoms with E-state index in [4.69, 9.17) is 9.47 Å². The first-order valence-electron chi connectivity index (χ1n) is 7.12. The molecule has 0 aliphatic carbocycles. The predicted molar refractivity (Wildman–Crippen MR) is 77.6 cm³/mol. The number of pyridine rings is 1. The van der Waals surface area contributed by atoms with Gasteiger partial charge in [0.25, 0.3) is 0 Å². The van der Waals surface area contributed by atoms with Crippen LogP contribution in [0.25, 0.3) is 0 Å². The minimum absolute atomic E-state index is 0.650. The van der Waals surface area contributed by atoms with Gasteiger partial charge >= 0.3 is 0 Å². The first-order valence-corrected chi connectivity index (χ1v) is 7.12. The summed E-state index contributed by atoms with van der Waals surface area (Å²) in [6.45, 7) is 7.48. The van der Waals surface area contributed by atoms with Crippen LogP contribution in [0.3, 0.4) is 0 Å². The van der Waals surface area contributed by atoms with Crippen molar-refractivity contribution in [1.82, 2.24) is 10.3 Å². The number of rotatable bonds is 10. The largest absolute Gasteiger partial charge is 0.478 e. The second-order valence-electron chi connectivity index (χ2n) is 4.53. The molecular formula is C15H26N2O2. The molecule has 0 saturated carbocycles. The highest BCUT2D eigenvalue weighted by molar-refractivity contribution is 5.25. The van der Waals surface area contributed by atoms with E-state index in [1.807, 2.05) is 6.07 Å². The molecule has 1 aromatic rings. The Balaban J connectivity index is 2.63. The number of hydrogen-bond donors (Lipinski definition) is 1. The van der Waals surface area contributed by atoms with E-state index in [1.165, 1.54) is 5.56 Å². The molecule has 4 nitrogen and oxygen atoms in total. The fourth-order valence-corrected chi connectivity index (χ4v) is 1.83. The molecule has 0 fully saturated rings. The molecule has 0 amide bonds. The van der Waals surface area contributed by atoms with Gasteiger partial charge in [-0.15, -0.1) is 0 Å². The average molecular weight is 266 g/mol. The molecule has 4 heteroatoms. The lowest BCUT2D eigenvalue weighted by molar-refractivity contribution is 0.170. The number of ether oxygens (including phenoxy) is 2. The number of hydrogen-bond acceptors (Lipinski definition) is 4. The Morgan fingerprint density at radius 1 is 1.21 bits per heavy atom. The van der Waals surface area contributed by atoms with Crippen molar-refractivity contribution in [3.05, 3.63) is 23.4 Å². The predicted octanol–water partition coefficient (Wildman–Crippen LogP) is 2.56. The number of methoxy groups -OCH3 is 1. The lowest BCUT2D eigenvalue weighted by Gasteiger charge is -2.10. The van der Waals surface area contributed by atoms with Crippen LogP contribution in [0.5, 0.6) is 5.88 Å². The minimum atomic E-state index is 0.650. The highest BCUT2D eigenvalue weighted by Gasteiger charge is 2.03. The quantitative estimate of drug-likeness (QED) is 0.661. The van der Waals surface area contributed by atoms with E-state index in [2.05, 4.69) is 30.2 Å². The van der Waals surface area contributed by atoms with Crippen molar-refractivity contribution < 1.29 is 9.47 Å². The summed E-state index contributed by atoms with van der Waals surface area (Å²) in [5, 5.41) is 3.33.